The average Bonchev–Trinajstić information content (AvgIpc) is 3.49. The molecule has 3 heterocycles. The van der Waals surface area contributed by atoms with E-state index in [1.165, 1.54) is 17.2 Å². The number of ether oxygens (including phenoxy) is 3. The van der Waals surface area contributed by atoms with Gasteiger partial charge in [-0.1, -0.05) is 43.2 Å². The van der Waals surface area contributed by atoms with Crippen LogP contribution in [0.15, 0.2) is 55.0 Å². The Morgan fingerprint density at radius 2 is 1.80 bits per heavy atom. The molecule has 2 amide bonds. The summed E-state index contributed by atoms with van der Waals surface area (Å²) < 4.78 is 59.2. The number of aliphatic hydroxyl groups is 1. The number of hydrogen-bond donors (Lipinski definition) is 1. The Kier molecular flexibility index (Phi) is 10.9. The fourth-order valence-electron chi connectivity index (χ4n) is 6.67. The Bertz CT molecular complexity index is 1590. The second kappa shape index (κ2) is 14.8. The van der Waals surface area contributed by atoms with Crippen LogP contribution in [0.2, 0.25) is 0 Å². The maximum Gasteiger partial charge on any atom is 0.421 e. The summed E-state index contributed by atoms with van der Waals surface area (Å²) in [7, 11) is 1.54. The first-order valence-corrected chi connectivity index (χ1v) is 16.5. The number of nitrogens with zero attached hydrogens (tertiary/aromatic N) is 5. The zero-order valence-electron chi connectivity index (χ0n) is 28.3. The normalized spacial score (nSPS) is 21.8. The molecule has 11 nitrogen and oxygen atoms in total. The van der Waals surface area contributed by atoms with Crippen molar-refractivity contribution < 1.29 is 42.1 Å². The minimum Gasteiger partial charge on any atom is -0.477 e. The van der Waals surface area contributed by atoms with E-state index in [1.807, 2.05) is 34.9 Å². The molecule has 1 aliphatic heterocycles. The minimum absolute atomic E-state index is 0.0654. The van der Waals surface area contributed by atoms with Crippen molar-refractivity contribution >= 4 is 12.0 Å². The van der Waals surface area contributed by atoms with Crippen molar-refractivity contribution in [2.75, 3.05) is 40.0 Å². The third kappa shape index (κ3) is 8.35. The Morgan fingerprint density at radius 3 is 2.49 bits per heavy atom. The quantitative estimate of drug-likeness (QED) is 0.292. The maximum atomic E-state index is 14.5. The van der Waals surface area contributed by atoms with Gasteiger partial charge in [0.1, 0.15) is 16.8 Å². The highest BCUT2D eigenvalue weighted by molar-refractivity contribution is 5.98. The molecule has 0 unspecified atom stereocenters. The lowest BCUT2D eigenvalue weighted by atomic mass is 9.80. The van der Waals surface area contributed by atoms with Gasteiger partial charge in [0.15, 0.2) is 5.69 Å². The van der Waals surface area contributed by atoms with Crippen LogP contribution in [0.1, 0.15) is 75.0 Å². The topological polar surface area (TPSA) is 119 Å². The summed E-state index contributed by atoms with van der Waals surface area (Å²) >= 11 is 0. The van der Waals surface area contributed by atoms with Gasteiger partial charge in [-0.05, 0) is 45.7 Å². The Balaban J connectivity index is 1.47. The Labute approximate surface area is 284 Å². The summed E-state index contributed by atoms with van der Waals surface area (Å²) in [5, 5.41) is 11.7. The number of piperazine rings is 1. The number of carbonyl (C=O) groups is 2. The standard InChI is InChI=1S/C35H44F3N5O6/c1-33(2,3)49-32(45)41-18-19-42(25(21-41)15-20-48-30-26(35(36,37)38)13-10-17-39-30)31(44)28-29(24-11-6-5-7-12-24)43(23-40-28)27-14-8-9-16-34(27,46)22-47-4/h5-7,10-13,17,23,25,27,46H,8-9,14-16,18-22H2,1-4H3/t25-,27-,34-/m1/s1. The van der Waals surface area contributed by atoms with E-state index >= 15 is 0 Å². The van der Waals surface area contributed by atoms with Gasteiger partial charge in [0.2, 0.25) is 5.88 Å². The van der Waals surface area contributed by atoms with E-state index in [2.05, 4.69) is 9.97 Å². The lowest BCUT2D eigenvalue weighted by Gasteiger charge is -2.42. The molecule has 49 heavy (non-hydrogen) atoms. The number of methoxy groups -OCH3 is 1. The van der Waals surface area contributed by atoms with Crippen LogP contribution in [-0.4, -0.2) is 98.6 Å². The maximum absolute atomic E-state index is 14.5. The third-order valence-electron chi connectivity index (χ3n) is 8.89. The van der Waals surface area contributed by atoms with Crippen LogP contribution in [0.5, 0.6) is 5.88 Å². The van der Waals surface area contributed by atoms with Crippen molar-refractivity contribution in [3.8, 4) is 17.1 Å². The second-order valence-corrected chi connectivity index (χ2v) is 13.6. The summed E-state index contributed by atoms with van der Waals surface area (Å²) in [6.07, 6.45) is 0.584. The van der Waals surface area contributed by atoms with Crippen molar-refractivity contribution in [1.82, 2.24) is 24.3 Å². The van der Waals surface area contributed by atoms with Gasteiger partial charge in [-0.2, -0.15) is 13.2 Å². The lowest BCUT2D eigenvalue weighted by molar-refractivity contribution is -0.139. The molecule has 1 N–H and O–H groups in total. The minimum atomic E-state index is -4.66. The number of carbonyl (C=O) groups excluding carboxylic acids is 2. The first-order chi connectivity index (χ1) is 23.2. The van der Waals surface area contributed by atoms with Crippen LogP contribution in [0.25, 0.3) is 11.3 Å². The highest BCUT2D eigenvalue weighted by Crippen LogP contribution is 2.41. The molecule has 0 bridgehead atoms. The van der Waals surface area contributed by atoms with Gasteiger partial charge in [-0.3, -0.25) is 4.79 Å². The van der Waals surface area contributed by atoms with Gasteiger partial charge in [-0.25, -0.2) is 14.8 Å². The van der Waals surface area contributed by atoms with Crippen LogP contribution < -0.4 is 4.74 Å². The van der Waals surface area contributed by atoms with Crippen LogP contribution in [-0.2, 0) is 15.7 Å². The molecule has 0 radical (unpaired) electrons. The van der Waals surface area contributed by atoms with Gasteiger partial charge in [0.05, 0.1) is 37.3 Å². The SMILES string of the molecule is COC[C@]1(O)CCCC[C@H]1n1cnc(C(=O)N2CCN(C(=O)OC(C)(C)C)C[C@H]2CCOc2ncccc2C(F)(F)F)c1-c1ccccc1. The molecule has 1 saturated heterocycles. The first-order valence-electron chi connectivity index (χ1n) is 16.5. The number of pyridine rings is 1. The number of hydrogen-bond acceptors (Lipinski definition) is 8. The zero-order valence-corrected chi connectivity index (χ0v) is 28.3. The van der Waals surface area contributed by atoms with Crippen molar-refractivity contribution in [3.05, 3.63) is 66.2 Å². The molecule has 2 aromatic heterocycles. The highest BCUT2D eigenvalue weighted by Gasteiger charge is 2.43. The zero-order chi connectivity index (χ0) is 35.4. The number of benzene rings is 1. The number of imidazole rings is 1. The van der Waals surface area contributed by atoms with Crippen LogP contribution in [0, 0.1) is 0 Å². The molecular formula is C35H44F3N5O6. The fourth-order valence-corrected chi connectivity index (χ4v) is 6.67. The smallest absolute Gasteiger partial charge is 0.421 e. The van der Waals surface area contributed by atoms with Crippen molar-refractivity contribution in [1.29, 1.82) is 0 Å². The Morgan fingerprint density at radius 1 is 1.04 bits per heavy atom. The molecule has 3 atom stereocenters. The van der Waals surface area contributed by atoms with Gasteiger partial charge in [0.25, 0.3) is 5.91 Å². The van der Waals surface area contributed by atoms with E-state index < -0.39 is 52.9 Å². The monoisotopic (exact) mass is 687 g/mol. The van der Waals surface area contributed by atoms with Crippen molar-refractivity contribution in [2.45, 2.75) is 82.3 Å². The second-order valence-electron chi connectivity index (χ2n) is 13.6. The van der Waals surface area contributed by atoms with E-state index in [0.717, 1.165) is 24.5 Å². The molecule has 2 aliphatic rings. The van der Waals surface area contributed by atoms with Crippen LogP contribution in [0.3, 0.4) is 0 Å². The number of aromatic nitrogens is 3. The predicted molar refractivity (Wildman–Crippen MR) is 174 cm³/mol. The molecule has 3 aromatic rings. The van der Waals surface area contributed by atoms with Crippen molar-refractivity contribution in [2.24, 2.45) is 0 Å². The number of amides is 2. The molecule has 5 rings (SSSR count). The third-order valence-corrected chi connectivity index (χ3v) is 8.89. The van der Waals surface area contributed by atoms with E-state index in [0.29, 0.717) is 18.5 Å². The molecule has 2 fully saturated rings. The molecule has 1 aliphatic carbocycles. The summed E-state index contributed by atoms with van der Waals surface area (Å²) in [5.41, 5.74) is -1.49. The molecule has 14 heteroatoms. The summed E-state index contributed by atoms with van der Waals surface area (Å²) in [6, 6.07) is 10.4. The molecule has 1 aromatic carbocycles. The molecular weight excluding hydrogens is 643 g/mol. The Hall–Kier alpha value is -4.17. The first kappa shape index (κ1) is 36.1. The van der Waals surface area contributed by atoms with E-state index in [-0.39, 0.29) is 45.0 Å². The summed E-state index contributed by atoms with van der Waals surface area (Å²) in [6.45, 7) is 5.53. The number of halogens is 3. The lowest BCUT2D eigenvalue weighted by Crippen LogP contribution is -2.57. The number of rotatable bonds is 9. The van der Waals surface area contributed by atoms with Gasteiger partial charge in [-0.15, -0.1) is 0 Å². The van der Waals surface area contributed by atoms with Crippen molar-refractivity contribution in [3.63, 3.8) is 0 Å². The highest BCUT2D eigenvalue weighted by atomic mass is 19.4. The molecule has 1 saturated carbocycles. The molecule has 0 spiro atoms. The molecule has 266 valence electrons. The van der Waals surface area contributed by atoms with E-state index in [4.69, 9.17) is 14.2 Å². The predicted octanol–water partition coefficient (Wildman–Crippen LogP) is 5.99. The summed E-state index contributed by atoms with van der Waals surface area (Å²) in [4.78, 5) is 39.1. The van der Waals surface area contributed by atoms with E-state index in [1.54, 1.807) is 39.1 Å². The largest absolute Gasteiger partial charge is 0.477 e. The fraction of sp³-hybridized carbons (Fsp3) is 0.543. The summed E-state index contributed by atoms with van der Waals surface area (Å²) in [5.74, 6) is -0.972. The van der Waals surface area contributed by atoms with Gasteiger partial charge < -0.3 is 33.7 Å². The van der Waals surface area contributed by atoms with E-state index in [9.17, 15) is 27.9 Å². The number of alkyl halides is 3. The van der Waals surface area contributed by atoms with Crippen LogP contribution >= 0.6 is 0 Å². The van der Waals surface area contributed by atoms with Gasteiger partial charge in [0, 0.05) is 44.9 Å². The average molecular weight is 688 g/mol. The van der Waals surface area contributed by atoms with Gasteiger partial charge >= 0.3 is 12.3 Å². The van der Waals surface area contributed by atoms with Crippen LogP contribution in [0.4, 0.5) is 18.0 Å².